The third kappa shape index (κ3) is 6.90. The first-order valence-electron chi connectivity index (χ1n) is 10.7. The average molecular weight is 405 g/mol. The molecule has 0 unspecified atom stereocenters. The molecule has 0 aliphatic heterocycles. The fourth-order valence-corrected chi connectivity index (χ4v) is 6.31. The SMILES string of the molecule is CCC1(CO)CCC1.CCC1(CSC)CCC1.CSCC1(CO)CCC1. The van der Waals surface area contributed by atoms with E-state index in [-0.39, 0.29) is 0 Å². The first kappa shape index (κ1) is 24.7. The molecule has 0 bridgehead atoms. The number of thioether (sulfide) groups is 2. The van der Waals surface area contributed by atoms with Crippen molar-refractivity contribution in [2.24, 2.45) is 16.2 Å². The predicted octanol–water partition coefficient (Wildman–Crippen LogP) is 6.00. The molecule has 2 N–H and O–H groups in total. The Bertz CT molecular complexity index is 313. The summed E-state index contributed by atoms with van der Waals surface area (Å²) in [4.78, 5) is 0. The molecule has 0 atom stereocenters. The number of hydrogen-bond acceptors (Lipinski definition) is 4. The van der Waals surface area contributed by atoms with Crippen LogP contribution in [0.4, 0.5) is 0 Å². The van der Waals surface area contributed by atoms with Gasteiger partial charge >= 0.3 is 0 Å². The van der Waals surface area contributed by atoms with Gasteiger partial charge in [-0.1, -0.05) is 33.1 Å². The van der Waals surface area contributed by atoms with Gasteiger partial charge in [-0.2, -0.15) is 23.5 Å². The monoisotopic (exact) mass is 404 g/mol. The zero-order valence-corrected chi connectivity index (χ0v) is 19.5. The minimum Gasteiger partial charge on any atom is -0.396 e. The molecule has 0 amide bonds. The molecule has 2 nitrogen and oxygen atoms in total. The van der Waals surface area contributed by atoms with Crippen LogP contribution in [0.3, 0.4) is 0 Å². The van der Waals surface area contributed by atoms with E-state index in [1.165, 1.54) is 70.0 Å². The highest BCUT2D eigenvalue weighted by Crippen LogP contribution is 2.45. The molecular weight excluding hydrogens is 360 g/mol. The van der Waals surface area contributed by atoms with E-state index in [0.717, 1.165) is 17.6 Å². The summed E-state index contributed by atoms with van der Waals surface area (Å²) in [6.07, 6.45) is 19.0. The van der Waals surface area contributed by atoms with Gasteiger partial charge in [-0.3, -0.25) is 0 Å². The lowest BCUT2D eigenvalue weighted by Gasteiger charge is -2.40. The van der Waals surface area contributed by atoms with Crippen molar-refractivity contribution in [3.8, 4) is 0 Å². The Morgan fingerprint density at radius 3 is 1.04 bits per heavy atom. The summed E-state index contributed by atoms with van der Waals surface area (Å²) in [5.41, 5.74) is 1.47. The van der Waals surface area contributed by atoms with E-state index < -0.39 is 0 Å². The molecule has 156 valence electrons. The van der Waals surface area contributed by atoms with Crippen LogP contribution in [-0.4, -0.2) is 47.4 Å². The van der Waals surface area contributed by atoms with Crippen LogP contribution in [0.1, 0.15) is 84.5 Å². The number of aliphatic hydroxyl groups excluding tert-OH is 2. The first-order chi connectivity index (χ1) is 12.5. The maximum Gasteiger partial charge on any atom is 0.0495 e. The third-order valence-electron chi connectivity index (χ3n) is 7.31. The van der Waals surface area contributed by atoms with Crippen LogP contribution in [0.15, 0.2) is 0 Å². The molecule has 0 aromatic rings. The summed E-state index contributed by atoms with van der Waals surface area (Å²) in [6, 6.07) is 0. The molecule has 3 saturated carbocycles. The van der Waals surface area contributed by atoms with Crippen molar-refractivity contribution < 1.29 is 10.2 Å². The van der Waals surface area contributed by atoms with E-state index in [1.807, 2.05) is 23.5 Å². The van der Waals surface area contributed by atoms with Crippen LogP contribution in [0.2, 0.25) is 0 Å². The highest BCUT2D eigenvalue weighted by molar-refractivity contribution is 7.98. The van der Waals surface area contributed by atoms with E-state index >= 15 is 0 Å². The molecule has 3 rings (SSSR count). The molecule has 3 aliphatic carbocycles. The summed E-state index contributed by atoms with van der Waals surface area (Å²) in [7, 11) is 0. The van der Waals surface area contributed by atoms with Crippen molar-refractivity contribution in [2.75, 3.05) is 37.2 Å². The van der Waals surface area contributed by atoms with Gasteiger partial charge in [-0.25, -0.2) is 0 Å². The lowest BCUT2D eigenvalue weighted by atomic mass is 9.68. The van der Waals surface area contributed by atoms with E-state index in [4.69, 9.17) is 10.2 Å². The van der Waals surface area contributed by atoms with Gasteiger partial charge in [-0.15, -0.1) is 0 Å². The Morgan fingerprint density at radius 1 is 0.615 bits per heavy atom. The van der Waals surface area contributed by atoms with Crippen molar-refractivity contribution in [2.45, 2.75) is 84.5 Å². The fourth-order valence-electron chi connectivity index (χ4n) is 4.21. The zero-order chi connectivity index (χ0) is 19.5. The van der Waals surface area contributed by atoms with Crippen molar-refractivity contribution in [3.05, 3.63) is 0 Å². The van der Waals surface area contributed by atoms with E-state index in [9.17, 15) is 0 Å². The van der Waals surface area contributed by atoms with Crippen LogP contribution in [0, 0.1) is 16.2 Å². The fraction of sp³-hybridized carbons (Fsp3) is 1.00. The maximum atomic E-state index is 8.95. The van der Waals surface area contributed by atoms with Gasteiger partial charge in [0, 0.05) is 24.4 Å². The summed E-state index contributed by atoms with van der Waals surface area (Å²) in [5.74, 6) is 2.53. The second-order valence-electron chi connectivity index (χ2n) is 8.95. The van der Waals surface area contributed by atoms with E-state index in [0.29, 0.717) is 24.0 Å². The molecule has 3 aliphatic rings. The summed E-state index contributed by atoms with van der Waals surface area (Å²) in [5, 5.41) is 17.8. The lowest BCUT2D eigenvalue weighted by Crippen LogP contribution is -2.35. The molecule has 0 heterocycles. The van der Waals surface area contributed by atoms with Crippen LogP contribution in [0.25, 0.3) is 0 Å². The molecule has 4 heteroatoms. The average Bonchev–Trinajstić information content (AvgIpc) is 2.56. The minimum absolute atomic E-state index is 0.333. The van der Waals surface area contributed by atoms with Gasteiger partial charge in [0.2, 0.25) is 0 Å². The van der Waals surface area contributed by atoms with Gasteiger partial charge < -0.3 is 10.2 Å². The second-order valence-corrected chi connectivity index (χ2v) is 10.7. The molecule has 0 saturated heterocycles. The minimum atomic E-state index is 0.333. The van der Waals surface area contributed by atoms with Crippen molar-refractivity contribution >= 4 is 23.5 Å². The summed E-state index contributed by atoms with van der Waals surface area (Å²) >= 11 is 3.86. The third-order valence-corrected chi connectivity index (χ3v) is 9.12. The van der Waals surface area contributed by atoms with Gasteiger partial charge in [-0.05, 0) is 80.5 Å². The predicted molar refractivity (Wildman–Crippen MR) is 120 cm³/mol. The molecular formula is C22H44O2S2. The Morgan fingerprint density at radius 2 is 0.962 bits per heavy atom. The van der Waals surface area contributed by atoms with Crippen LogP contribution in [-0.2, 0) is 0 Å². The number of hydrogen-bond donors (Lipinski definition) is 2. The van der Waals surface area contributed by atoms with Crippen LogP contribution in [0.5, 0.6) is 0 Å². The highest BCUT2D eigenvalue weighted by Gasteiger charge is 2.35. The Labute approximate surface area is 171 Å². The molecule has 0 radical (unpaired) electrons. The molecule has 26 heavy (non-hydrogen) atoms. The van der Waals surface area contributed by atoms with Crippen molar-refractivity contribution in [1.29, 1.82) is 0 Å². The molecule has 0 aromatic heterocycles. The number of rotatable bonds is 8. The normalized spacial score (nSPS) is 23.8. The summed E-state index contributed by atoms with van der Waals surface area (Å²) < 4.78 is 0. The van der Waals surface area contributed by atoms with Crippen LogP contribution < -0.4 is 0 Å². The van der Waals surface area contributed by atoms with Gasteiger partial charge in [0.05, 0.1) is 0 Å². The van der Waals surface area contributed by atoms with Crippen molar-refractivity contribution in [3.63, 3.8) is 0 Å². The largest absolute Gasteiger partial charge is 0.396 e. The first-order valence-corrected chi connectivity index (χ1v) is 13.5. The van der Waals surface area contributed by atoms with E-state index in [2.05, 4.69) is 26.4 Å². The van der Waals surface area contributed by atoms with Gasteiger partial charge in [0.1, 0.15) is 0 Å². The number of aliphatic hydroxyl groups is 2. The molecule has 0 spiro atoms. The van der Waals surface area contributed by atoms with E-state index in [1.54, 1.807) is 0 Å². The highest BCUT2D eigenvalue weighted by atomic mass is 32.2. The molecule has 3 fully saturated rings. The Kier molecular flexibility index (Phi) is 11.6. The molecule has 0 aromatic carbocycles. The zero-order valence-electron chi connectivity index (χ0n) is 17.8. The Hall–Kier alpha value is 0.620. The smallest absolute Gasteiger partial charge is 0.0495 e. The van der Waals surface area contributed by atoms with Crippen LogP contribution >= 0.6 is 23.5 Å². The van der Waals surface area contributed by atoms with Gasteiger partial charge in [0.15, 0.2) is 0 Å². The van der Waals surface area contributed by atoms with Gasteiger partial charge in [0.25, 0.3) is 0 Å². The Balaban J connectivity index is 0.000000195. The summed E-state index contributed by atoms with van der Waals surface area (Å²) in [6.45, 7) is 5.29. The lowest BCUT2D eigenvalue weighted by molar-refractivity contribution is 0.0410. The second kappa shape index (κ2) is 12.2. The quantitative estimate of drug-likeness (QED) is 0.520. The van der Waals surface area contributed by atoms with Crippen molar-refractivity contribution in [1.82, 2.24) is 0 Å². The maximum absolute atomic E-state index is 8.95. The topological polar surface area (TPSA) is 40.5 Å². The standard InChI is InChI=1S/C8H16S.C7H14OS.C7H14O/c1-3-8(7-9-2)5-4-6-8;1-9-6-7(5-8)3-2-4-7;1-2-7(6-8)4-3-5-7/h3-7H2,1-2H3;8H,2-6H2,1H3;8H,2-6H2,1H3.